The van der Waals surface area contributed by atoms with E-state index in [-0.39, 0.29) is 5.78 Å². The Labute approximate surface area is 105 Å². The number of pyridine rings is 1. The molecule has 1 aromatic heterocycles. The Hall–Kier alpha value is -2.36. The Morgan fingerprint density at radius 1 is 1.39 bits per heavy atom. The third kappa shape index (κ3) is 2.48. The summed E-state index contributed by atoms with van der Waals surface area (Å²) < 4.78 is 5.36. The number of nitrogens with two attached hydrogens (primary N) is 1. The molecule has 0 unspecified atom stereocenters. The molecule has 2 aromatic rings. The molecule has 0 aliphatic rings. The predicted octanol–water partition coefficient (Wildman–Crippen LogP) is 2.29. The molecule has 0 spiro atoms. The molecule has 0 saturated carbocycles. The van der Waals surface area contributed by atoms with E-state index in [2.05, 4.69) is 4.98 Å². The van der Waals surface area contributed by atoms with Gasteiger partial charge < -0.3 is 10.5 Å². The first-order valence-corrected chi connectivity index (χ1v) is 5.69. The fraction of sp³-hybridized carbons (Fsp3) is 0.143. The number of anilines is 1. The number of carbonyl (C=O) groups excluding carboxylic acids is 1. The number of nitrogens with zero attached hydrogens (tertiary/aromatic N) is 1. The van der Waals surface area contributed by atoms with E-state index in [0.717, 1.165) is 0 Å². The average Bonchev–Trinajstić information content (AvgIpc) is 2.39. The summed E-state index contributed by atoms with van der Waals surface area (Å²) in [5, 5.41) is 0. The van der Waals surface area contributed by atoms with Gasteiger partial charge in [0.25, 0.3) is 0 Å². The van der Waals surface area contributed by atoms with E-state index in [9.17, 15) is 4.79 Å². The second kappa shape index (κ2) is 5.31. The minimum atomic E-state index is -0.151. The second-order valence-electron chi connectivity index (χ2n) is 3.75. The average molecular weight is 242 g/mol. The quantitative estimate of drug-likeness (QED) is 0.835. The summed E-state index contributed by atoms with van der Waals surface area (Å²) >= 11 is 0. The van der Waals surface area contributed by atoms with Crippen LogP contribution < -0.4 is 10.5 Å². The van der Waals surface area contributed by atoms with Crippen LogP contribution >= 0.6 is 0 Å². The van der Waals surface area contributed by atoms with Gasteiger partial charge in [0.1, 0.15) is 5.75 Å². The van der Waals surface area contributed by atoms with Gasteiger partial charge in [0.2, 0.25) is 0 Å². The van der Waals surface area contributed by atoms with Crippen molar-refractivity contribution >= 4 is 11.5 Å². The Bertz CT molecular complexity index is 567. The van der Waals surface area contributed by atoms with Gasteiger partial charge in [0, 0.05) is 23.6 Å². The molecule has 4 nitrogen and oxygen atoms in total. The third-order valence-corrected chi connectivity index (χ3v) is 2.51. The maximum Gasteiger partial charge on any atom is 0.196 e. The molecule has 18 heavy (non-hydrogen) atoms. The summed E-state index contributed by atoms with van der Waals surface area (Å²) in [5.41, 5.74) is 7.14. The largest absolute Gasteiger partial charge is 0.494 e. The Kier molecular flexibility index (Phi) is 3.57. The van der Waals surface area contributed by atoms with Gasteiger partial charge in [-0.2, -0.15) is 0 Å². The number of hydrogen-bond acceptors (Lipinski definition) is 4. The lowest BCUT2D eigenvalue weighted by Crippen LogP contribution is -2.06. The van der Waals surface area contributed by atoms with Crippen molar-refractivity contribution in [1.82, 2.24) is 4.98 Å². The van der Waals surface area contributed by atoms with E-state index in [1.165, 1.54) is 6.20 Å². The van der Waals surface area contributed by atoms with E-state index >= 15 is 0 Å². The van der Waals surface area contributed by atoms with Crippen LogP contribution in [-0.4, -0.2) is 17.4 Å². The standard InChI is InChI=1S/C14H14N2O2/c1-2-18-11-5-3-4-10(8-11)14(17)12-9-16-7-6-13(12)15/h3-9H,2H2,1H3,(H2,15,16). The van der Waals surface area contributed by atoms with Gasteiger partial charge in [-0.1, -0.05) is 12.1 Å². The molecule has 0 aliphatic carbocycles. The van der Waals surface area contributed by atoms with Crippen LogP contribution in [0.15, 0.2) is 42.7 Å². The molecule has 2 N–H and O–H groups in total. The lowest BCUT2D eigenvalue weighted by atomic mass is 10.0. The SMILES string of the molecule is CCOc1cccc(C(=O)c2cnccc2N)c1. The van der Waals surface area contributed by atoms with Crippen LogP contribution in [0.4, 0.5) is 5.69 Å². The molecule has 0 amide bonds. The van der Waals surface area contributed by atoms with E-state index in [0.29, 0.717) is 29.2 Å². The van der Waals surface area contributed by atoms with Crippen molar-refractivity contribution in [2.45, 2.75) is 6.92 Å². The topological polar surface area (TPSA) is 65.2 Å². The minimum Gasteiger partial charge on any atom is -0.494 e. The molecule has 0 bridgehead atoms. The number of ether oxygens (including phenoxy) is 1. The van der Waals surface area contributed by atoms with Gasteiger partial charge >= 0.3 is 0 Å². The third-order valence-electron chi connectivity index (χ3n) is 2.51. The smallest absolute Gasteiger partial charge is 0.196 e. The highest BCUT2D eigenvalue weighted by atomic mass is 16.5. The van der Waals surface area contributed by atoms with Gasteiger partial charge in [0.05, 0.1) is 12.2 Å². The van der Waals surface area contributed by atoms with Crippen molar-refractivity contribution in [2.24, 2.45) is 0 Å². The highest BCUT2D eigenvalue weighted by molar-refractivity contribution is 6.11. The molecule has 0 aliphatic heterocycles. The van der Waals surface area contributed by atoms with Crippen LogP contribution in [0.3, 0.4) is 0 Å². The lowest BCUT2D eigenvalue weighted by molar-refractivity contribution is 0.103. The zero-order valence-corrected chi connectivity index (χ0v) is 10.1. The zero-order valence-electron chi connectivity index (χ0n) is 10.1. The van der Waals surface area contributed by atoms with Crippen LogP contribution in [0.1, 0.15) is 22.8 Å². The number of nitrogen functional groups attached to an aromatic ring is 1. The number of aromatic nitrogens is 1. The Morgan fingerprint density at radius 2 is 2.22 bits per heavy atom. The summed E-state index contributed by atoms with van der Waals surface area (Å²) in [4.78, 5) is 16.2. The molecule has 1 aromatic carbocycles. The van der Waals surface area contributed by atoms with Crippen molar-refractivity contribution < 1.29 is 9.53 Å². The molecule has 92 valence electrons. The highest BCUT2D eigenvalue weighted by Gasteiger charge is 2.12. The molecular weight excluding hydrogens is 228 g/mol. The van der Waals surface area contributed by atoms with Gasteiger partial charge in [-0.25, -0.2) is 0 Å². The summed E-state index contributed by atoms with van der Waals surface area (Å²) in [6.07, 6.45) is 3.04. The lowest BCUT2D eigenvalue weighted by Gasteiger charge is -2.06. The molecule has 4 heteroatoms. The summed E-state index contributed by atoms with van der Waals surface area (Å²) in [5.74, 6) is 0.521. The Balaban J connectivity index is 2.34. The zero-order chi connectivity index (χ0) is 13.0. The van der Waals surface area contributed by atoms with Gasteiger partial charge in [-0.05, 0) is 25.1 Å². The van der Waals surface area contributed by atoms with E-state index in [4.69, 9.17) is 10.5 Å². The first kappa shape index (κ1) is 12.1. The monoisotopic (exact) mass is 242 g/mol. The fourth-order valence-corrected chi connectivity index (χ4v) is 1.64. The summed E-state index contributed by atoms with van der Waals surface area (Å²) in [7, 11) is 0. The van der Waals surface area contributed by atoms with Gasteiger partial charge in [-0.3, -0.25) is 9.78 Å². The molecule has 0 fully saturated rings. The van der Waals surface area contributed by atoms with Crippen molar-refractivity contribution in [1.29, 1.82) is 0 Å². The van der Waals surface area contributed by atoms with E-state index in [1.54, 1.807) is 30.5 Å². The highest BCUT2D eigenvalue weighted by Crippen LogP contribution is 2.19. The maximum atomic E-state index is 12.2. The van der Waals surface area contributed by atoms with Gasteiger partial charge in [-0.15, -0.1) is 0 Å². The van der Waals surface area contributed by atoms with Crippen LogP contribution in [0.5, 0.6) is 5.75 Å². The number of carbonyl (C=O) groups is 1. The molecule has 1 heterocycles. The van der Waals surface area contributed by atoms with Crippen LogP contribution in [0, 0.1) is 0 Å². The second-order valence-corrected chi connectivity index (χ2v) is 3.75. The van der Waals surface area contributed by atoms with E-state index in [1.807, 2.05) is 13.0 Å². The van der Waals surface area contributed by atoms with Crippen LogP contribution in [0.25, 0.3) is 0 Å². The number of rotatable bonds is 4. The van der Waals surface area contributed by atoms with Crippen LogP contribution in [-0.2, 0) is 0 Å². The molecule has 0 radical (unpaired) electrons. The Morgan fingerprint density at radius 3 is 2.94 bits per heavy atom. The van der Waals surface area contributed by atoms with Crippen molar-refractivity contribution in [3.63, 3.8) is 0 Å². The maximum absolute atomic E-state index is 12.2. The molecular formula is C14H14N2O2. The normalized spacial score (nSPS) is 10.1. The van der Waals surface area contributed by atoms with Crippen molar-refractivity contribution in [3.8, 4) is 5.75 Å². The summed E-state index contributed by atoms with van der Waals surface area (Å²) in [6, 6.07) is 8.65. The minimum absolute atomic E-state index is 0.151. The first-order valence-electron chi connectivity index (χ1n) is 5.69. The van der Waals surface area contributed by atoms with Crippen LogP contribution in [0.2, 0.25) is 0 Å². The van der Waals surface area contributed by atoms with Crippen molar-refractivity contribution in [2.75, 3.05) is 12.3 Å². The fourth-order valence-electron chi connectivity index (χ4n) is 1.64. The predicted molar refractivity (Wildman–Crippen MR) is 69.7 cm³/mol. The van der Waals surface area contributed by atoms with Gasteiger partial charge in [0.15, 0.2) is 5.78 Å². The summed E-state index contributed by atoms with van der Waals surface area (Å²) in [6.45, 7) is 2.46. The first-order chi connectivity index (χ1) is 8.72. The van der Waals surface area contributed by atoms with E-state index < -0.39 is 0 Å². The van der Waals surface area contributed by atoms with Crippen molar-refractivity contribution in [3.05, 3.63) is 53.9 Å². The molecule has 0 saturated heterocycles. The number of hydrogen-bond donors (Lipinski definition) is 1. The molecule has 2 rings (SSSR count). The number of ketones is 1. The molecule has 0 atom stereocenters. The number of benzene rings is 1.